The first-order valence-electron chi connectivity index (χ1n) is 22.2. The molecule has 0 amide bonds. The van der Waals surface area contributed by atoms with Crippen LogP contribution in [0.15, 0.2) is 247 Å². The number of benzene rings is 11. The van der Waals surface area contributed by atoms with Crippen LogP contribution in [0, 0.1) is 0 Å². The highest BCUT2D eigenvalue weighted by molar-refractivity contribution is 6.14. The molecule has 0 aliphatic heterocycles. The molecule has 0 aliphatic rings. The number of hydrogen-bond acceptors (Lipinski definition) is 2. The Balaban J connectivity index is 0.924. The Morgan fingerprint density at radius 2 is 0.862 bits per heavy atom. The van der Waals surface area contributed by atoms with Gasteiger partial charge in [0, 0.05) is 33.1 Å². The number of rotatable bonds is 7. The van der Waals surface area contributed by atoms with E-state index in [-0.39, 0.29) is 0 Å². The van der Waals surface area contributed by atoms with Gasteiger partial charge >= 0.3 is 0 Å². The summed E-state index contributed by atoms with van der Waals surface area (Å²) >= 11 is 0. The quantitative estimate of drug-likeness (QED) is 0.149. The number of aromatic nitrogens is 1. The molecule has 3 nitrogen and oxygen atoms in total. The van der Waals surface area contributed by atoms with Crippen LogP contribution in [0.4, 0.5) is 17.1 Å². The molecule has 0 saturated carbocycles. The second kappa shape index (κ2) is 15.0. The second-order valence-electron chi connectivity index (χ2n) is 16.8. The molecule has 0 radical (unpaired) electrons. The average Bonchev–Trinajstić information content (AvgIpc) is 3.93. The average molecular weight is 829 g/mol. The van der Waals surface area contributed by atoms with Crippen LogP contribution in [0.5, 0.6) is 0 Å². The molecule has 0 aliphatic carbocycles. The Hall–Kier alpha value is -8.66. The maximum atomic E-state index is 6.44. The van der Waals surface area contributed by atoms with Gasteiger partial charge in [-0.1, -0.05) is 176 Å². The SMILES string of the molecule is c1ccc(-c2ccccc2-n2c3ccccc3c3ccccc32)c(-c2ccc(N(c3ccc(-c4ccc5c(ccc6ccccc65)c4)cc3)c3cccc4oc5ccccc5c34)cc2)c1. The largest absolute Gasteiger partial charge is 0.456 e. The summed E-state index contributed by atoms with van der Waals surface area (Å²) in [5, 5.41) is 9.74. The Morgan fingerprint density at radius 1 is 0.323 bits per heavy atom. The van der Waals surface area contributed by atoms with Gasteiger partial charge in [-0.2, -0.15) is 0 Å². The van der Waals surface area contributed by atoms with Crippen molar-refractivity contribution in [2.45, 2.75) is 0 Å². The highest BCUT2D eigenvalue weighted by Crippen LogP contribution is 2.45. The number of anilines is 3. The number of fused-ring (bicyclic) bond motifs is 9. The molecule has 0 unspecified atom stereocenters. The molecule has 0 bridgehead atoms. The van der Waals surface area contributed by atoms with Crippen LogP contribution >= 0.6 is 0 Å². The second-order valence-corrected chi connectivity index (χ2v) is 16.8. The Bertz CT molecular complexity index is 3900. The zero-order valence-electron chi connectivity index (χ0n) is 35.4. The maximum absolute atomic E-state index is 6.44. The van der Waals surface area contributed by atoms with Gasteiger partial charge in [-0.3, -0.25) is 0 Å². The standard InChI is InChI=1S/C62H40N2O/c1-2-15-48-42(14-1)28-29-45-40-44(34-39-50(45)48)41-30-35-46(36-31-41)63(59-25-13-27-61-62(59)55-21-8-12-26-60(55)65-61)47-37-32-43(33-38-47)49-16-3-4-17-51(49)52-18-5-9-22-56(52)64-57-23-10-6-19-53(57)54-20-7-11-24-58(54)64/h1-40H. The molecule has 2 heterocycles. The molecule has 13 aromatic rings. The topological polar surface area (TPSA) is 21.3 Å². The molecule has 0 saturated heterocycles. The third-order valence-electron chi connectivity index (χ3n) is 13.2. The molecular weight excluding hydrogens is 789 g/mol. The van der Waals surface area contributed by atoms with E-state index in [1.807, 2.05) is 6.07 Å². The van der Waals surface area contributed by atoms with Crippen molar-refractivity contribution in [2.75, 3.05) is 4.90 Å². The smallest absolute Gasteiger partial charge is 0.137 e. The minimum atomic E-state index is 0.862. The van der Waals surface area contributed by atoms with Gasteiger partial charge in [0.1, 0.15) is 11.2 Å². The third kappa shape index (κ3) is 6.05. The Labute approximate surface area is 376 Å². The summed E-state index contributed by atoms with van der Waals surface area (Å²) in [4.78, 5) is 2.37. The molecule has 13 rings (SSSR count). The molecule has 3 heteroatoms. The lowest BCUT2D eigenvalue weighted by molar-refractivity contribution is 0.669. The number of hydrogen-bond donors (Lipinski definition) is 0. The molecule has 0 spiro atoms. The van der Waals surface area contributed by atoms with Gasteiger partial charge in [-0.15, -0.1) is 0 Å². The fourth-order valence-corrected chi connectivity index (χ4v) is 10.2. The van der Waals surface area contributed by atoms with Crippen molar-refractivity contribution >= 4 is 82.4 Å². The van der Waals surface area contributed by atoms with E-state index in [4.69, 9.17) is 4.42 Å². The normalized spacial score (nSPS) is 11.7. The lowest BCUT2D eigenvalue weighted by Crippen LogP contribution is -2.10. The zero-order valence-corrected chi connectivity index (χ0v) is 35.4. The van der Waals surface area contributed by atoms with E-state index >= 15 is 0 Å². The maximum Gasteiger partial charge on any atom is 0.137 e. The molecule has 0 fully saturated rings. The van der Waals surface area contributed by atoms with Gasteiger partial charge in [0.15, 0.2) is 0 Å². The first-order chi connectivity index (χ1) is 32.2. The molecule has 0 N–H and O–H groups in total. The number of para-hydroxylation sites is 4. The van der Waals surface area contributed by atoms with Crippen molar-refractivity contribution in [3.63, 3.8) is 0 Å². The lowest BCUT2D eigenvalue weighted by atomic mass is 9.93. The van der Waals surface area contributed by atoms with Gasteiger partial charge in [-0.05, 0) is 116 Å². The summed E-state index contributed by atoms with van der Waals surface area (Å²) in [5.74, 6) is 0. The van der Waals surface area contributed by atoms with Gasteiger partial charge in [0.05, 0.1) is 27.8 Å². The summed E-state index contributed by atoms with van der Waals surface area (Å²) in [6.45, 7) is 0. The van der Waals surface area contributed by atoms with Crippen LogP contribution in [0.25, 0.3) is 104 Å². The van der Waals surface area contributed by atoms with E-state index in [1.54, 1.807) is 0 Å². The van der Waals surface area contributed by atoms with Crippen LogP contribution in [-0.4, -0.2) is 4.57 Å². The summed E-state index contributed by atoms with van der Waals surface area (Å²) in [5.41, 5.74) is 15.5. The lowest BCUT2D eigenvalue weighted by Gasteiger charge is -2.27. The minimum absolute atomic E-state index is 0.862. The first kappa shape index (κ1) is 36.9. The molecule has 304 valence electrons. The van der Waals surface area contributed by atoms with E-state index in [1.165, 1.54) is 71.2 Å². The number of furan rings is 1. The van der Waals surface area contributed by atoms with E-state index in [0.29, 0.717) is 0 Å². The van der Waals surface area contributed by atoms with Gasteiger partial charge < -0.3 is 13.9 Å². The molecule has 0 atom stereocenters. The third-order valence-corrected chi connectivity index (χ3v) is 13.2. The van der Waals surface area contributed by atoms with E-state index in [9.17, 15) is 0 Å². The van der Waals surface area contributed by atoms with Crippen molar-refractivity contribution in [1.29, 1.82) is 0 Å². The highest BCUT2D eigenvalue weighted by Gasteiger charge is 2.21. The molecular formula is C62H40N2O. The van der Waals surface area contributed by atoms with Crippen molar-refractivity contribution < 1.29 is 4.42 Å². The van der Waals surface area contributed by atoms with Crippen molar-refractivity contribution in [2.24, 2.45) is 0 Å². The molecule has 11 aromatic carbocycles. The zero-order chi connectivity index (χ0) is 42.8. The minimum Gasteiger partial charge on any atom is -0.456 e. The van der Waals surface area contributed by atoms with Gasteiger partial charge in [-0.25, -0.2) is 0 Å². The van der Waals surface area contributed by atoms with E-state index in [2.05, 4.69) is 246 Å². The van der Waals surface area contributed by atoms with Crippen molar-refractivity contribution in [1.82, 2.24) is 4.57 Å². The van der Waals surface area contributed by atoms with Crippen molar-refractivity contribution in [3.05, 3.63) is 243 Å². The summed E-state index contributed by atoms with van der Waals surface area (Å²) < 4.78 is 8.86. The van der Waals surface area contributed by atoms with Crippen LogP contribution in [-0.2, 0) is 0 Å². The predicted molar refractivity (Wildman–Crippen MR) is 274 cm³/mol. The van der Waals surface area contributed by atoms with Crippen LogP contribution in [0.2, 0.25) is 0 Å². The van der Waals surface area contributed by atoms with E-state index in [0.717, 1.165) is 50.3 Å². The van der Waals surface area contributed by atoms with Crippen LogP contribution < -0.4 is 4.90 Å². The number of nitrogens with zero attached hydrogens (tertiary/aromatic N) is 2. The van der Waals surface area contributed by atoms with Gasteiger partial charge in [0.25, 0.3) is 0 Å². The fourth-order valence-electron chi connectivity index (χ4n) is 10.2. The Morgan fingerprint density at radius 3 is 1.62 bits per heavy atom. The predicted octanol–water partition coefficient (Wildman–Crippen LogP) is 17.5. The monoisotopic (exact) mass is 828 g/mol. The molecule has 2 aromatic heterocycles. The first-order valence-corrected chi connectivity index (χ1v) is 22.2. The van der Waals surface area contributed by atoms with Crippen LogP contribution in [0.3, 0.4) is 0 Å². The van der Waals surface area contributed by atoms with Crippen molar-refractivity contribution in [3.8, 4) is 39.1 Å². The Kier molecular flexibility index (Phi) is 8.53. The summed E-state index contributed by atoms with van der Waals surface area (Å²) in [7, 11) is 0. The van der Waals surface area contributed by atoms with E-state index < -0.39 is 0 Å². The summed E-state index contributed by atoms with van der Waals surface area (Å²) in [6, 6.07) is 87.7. The fraction of sp³-hybridized carbons (Fsp3) is 0. The highest BCUT2D eigenvalue weighted by atomic mass is 16.3. The van der Waals surface area contributed by atoms with Crippen LogP contribution in [0.1, 0.15) is 0 Å². The van der Waals surface area contributed by atoms with Gasteiger partial charge in [0.2, 0.25) is 0 Å². The summed E-state index contributed by atoms with van der Waals surface area (Å²) in [6.07, 6.45) is 0. The molecule has 65 heavy (non-hydrogen) atoms.